The van der Waals surface area contributed by atoms with Gasteiger partial charge in [0.15, 0.2) is 0 Å². The van der Waals surface area contributed by atoms with Gasteiger partial charge >= 0.3 is 0 Å². The van der Waals surface area contributed by atoms with Crippen LogP contribution < -0.4 is 5.32 Å². The van der Waals surface area contributed by atoms with Crippen molar-refractivity contribution in [1.29, 1.82) is 0 Å². The molecule has 0 saturated carbocycles. The number of furan rings is 1. The van der Waals surface area contributed by atoms with E-state index in [2.05, 4.69) is 37.4 Å². The van der Waals surface area contributed by atoms with Gasteiger partial charge in [0.1, 0.15) is 5.58 Å². The quantitative estimate of drug-likeness (QED) is 0.733. The third-order valence-electron chi connectivity index (χ3n) is 4.02. The molecule has 0 radical (unpaired) electrons. The molecule has 0 saturated heterocycles. The van der Waals surface area contributed by atoms with E-state index < -0.39 is 0 Å². The van der Waals surface area contributed by atoms with E-state index >= 15 is 0 Å². The van der Waals surface area contributed by atoms with Gasteiger partial charge in [-0.2, -0.15) is 0 Å². The lowest BCUT2D eigenvalue weighted by atomic mass is 10.0. The average Bonchev–Trinajstić information content (AvgIpc) is 2.90. The summed E-state index contributed by atoms with van der Waals surface area (Å²) in [7, 11) is 0. The zero-order valence-electron chi connectivity index (χ0n) is 13.7. The molecule has 3 heteroatoms. The summed E-state index contributed by atoms with van der Waals surface area (Å²) in [5.74, 6) is 0.451. The third-order valence-corrected chi connectivity index (χ3v) is 4.02. The number of aryl methyl sites for hydroxylation is 1. The molecule has 0 unspecified atom stereocenters. The van der Waals surface area contributed by atoms with Crippen molar-refractivity contribution >= 4 is 22.6 Å². The fourth-order valence-electron chi connectivity index (χ4n) is 2.66. The second-order valence-electron chi connectivity index (χ2n) is 6.26. The first-order chi connectivity index (χ1) is 11.0. The van der Waals surface area contributed by atoms with Crippen LogP contribution in [0.5, 0.6) is 0 Å². The van der Waals surface area contributed by atoms with Crippen molar-refractivity contribution in [2.75, 3.05) is 5.32 Å². The summed E-state index contributed by atoms with van der Waals surface area (Å²) in [6, 6.07) is 14.0. The number of hydrogen-bond donors (Lipinski definition) is 1. The lowest BCUT2D eigenvalue weighted by Gasteiger charge is -2.08. The van der Waals surface area contributed by atoms with Gasteiger partial charge in [-0.05, 0) is 42.7 Å². The van der Waals surface area contributed by atoms with Crippen LogP contribution in [0, 0.1) is 6.92 Å². The largest absolute Gasteiger partial charge is 0.464 e. The first-order valence-electron chi connectivity index (χ1n) is 7.89. The number of benzene rings is 2. The standard InChI is InChI=1S/C20H21NO2/c1-13(2)15-5-7-17(8-6-15)21-20(22)11-16-12-23-19-9-4-14(3)10-18(16)19/h4-10,12-13H,11H2,1-3H3,(H,21,22). The van der Waals surface area contributed by atoms with E-state index in [4.69, 9.17) is 4.42 Å². The second kappa shape index (κ2) is 6.29. The SMILES string of the molecule is Cc1ccc2occ(CC(=O)Nc3ccc(C(C)C)cc3)c2c1. The minimum atomic E-state index is -0.0356. The van der Waals surface area contributed by atoms with Gasteiger partial charge < -0.3 is 9.73 Å². The van der Waals surface area contributed by atoms with Crippen molar-refractivity contribution in [2.24, 2.45) is 0 Å². The van der Waals surface area contributed by atoms with Crippen LogP contribution in [0.3, 0.4) is 0 Å². The molecule has 0 fully saturated rings. The number of hydrogen-bond acceptors (Lipinski definition) is 2. The summed E-state index contributed by atoms with van der Waals surface area (Å²) in [5.41, 5.74) is 4.98. The minimum Gasteiger partial charge on any atom is -0.464 e. The van der Waals surface area contributed by atoms with E-state index in [1.807, 2.05) is 31.2 Å². The maximum atomic E-state index is 12.3. The molecule has 1 amide bonds. The topological polar surface area (TPSA) is 42.2 Å². The fourth-order valence-corrected chi connectivity index (χ4v) is 2.66. The van der Waals surface area contributed by atoms with Crippen molar-refractivity contribution in [3.63, 3.8) is 0 Å². The summed E-state index contributed by atoms with van der Waals surface area (Å²) < 4.78 is 5.52. The molecule has 1 heterocycles. The van der Waals surface area contributed by atoms with E-state index in [1.54, 1.807) is 6.26 Å². The van der Waals surface area contributed by atoms with Crippen LogP contribution in [0.1, 0.15) is 36.5 Å². The molecule has 3 nitrogen and oxygen atoms in total. The first-order valence-corrected chi connectivity index (χ1v) is 7.89. The van der Waals surface area contributed by atoms with Gasteiger partial charge in [0.05, 0.1) is 12.7 Å². The van der Waals surface area contributed by atoms with E-state index in [1.165, 1.54) is 5.56 Å². The smallest absolute Gasteiger partial charge is 0.228 e. The maximum Gasteiger partial charge on any atom is 0.228 e. The summed E-state index contributed by atoms with van der Waals surface area (Å²) in [5, 5.41) is 3.95. The fraction of sp³-hybridized carbons (Fsp3) is 0.250. The first kappa shape index (κ1) is 15.3. The van der Waals surface area contributed by atoms with Crippen molar-refractivity contribution < 1.29 is 9.21 Å². The van der Waals surface area contributed by atoms with E-state index in [0.29, 0.717) is 12.3 Å². The lowest BCUT2D eigenvalue weighted by molar-refractivity contribution is -0.115. The van der Waals surface area contributed by atoms with Gasteiger partial charge in [0, 0.05) is 16.6 Å². The number of rotatable bonds is 4. The Bertz CT molecular complexity index is 828. The molecule has 3 aromatic rings. The van der Waals surface area contributed by atoms with Crippen LogP contribution in [0.4, 0.5) is 5.69 Å². The monoisotopic (exact) mass is 307 g/mol. The molecule has 1 N–H and O–H groups in total. The van der Waals surface area contributed by atoms with Gasteiger partial charge in [-0.3, -0.25) is 4.79 Å². The van der Waals surface area contributed by atoms with Crippen LogP contribution in [-0.4, -0.2) is 5.91 Å². The predicted molar refractivity (Wildman–Crippen MR) is 93.8 cm³/mol. The Morgan fingerprint density at radius 2 is 1.87 bits per heavy atom. The number of nitrogens with one attached hydrogen (secondary N) is 1. The van der Waals surface area contributed by atoms with Gasteiger partial charge in [0.2, 0.25) is 5.91 Å². The van der Waals surface area contributed by atoms with Crippen molar-refractivity contribution in [3.8, 4) is 0 Å². The molecule has 0 aliphatic carbocycles. The maximum absolute atomic E-state index is 12.3. The van der Waals surface area contributed by atoms with Crippen LogP contribution >= 0.6 is 0 Å². The molecule has 0 aliphatic heterocycles. The van der Waals surface area contributed by atoms with E-state index in [-0.39, 0.29) is 5.91 Å². The molecule has 0 bridgehead atoms. The third kappa shape index (κ3) is 3.45. The predicted octanol–water partition coefficient (Wildman–Crippen LogP) is 5.05. The average molecular weight is 307 g/mol. The molecule has 118 valence electrons. The highest BCUT2D eigenvalue weighted by atomic mass is 16.3. The molecule has 0 spiro atoms. The number of fused-ring (bicyclic) bond motifs is 1. The molecule has 0 aliphatic rings. The highest BCUT2D eigenvalue weighted by Crippen LogP contribution is 2.23. The molecule has 1 aromatic heterocycles. The number of amides is 1. The highest BCUT2D eigenvalue weighted by Gasteiger charge is 2.11. The Morgan fingerprint density at radius 1 is 1.13 bits per heavy atom. The number of carbonyl (C=O) groups is 1. The Labute approximate surface area is 136 Å². The summed E-state index contributed by atoms with van der Waals surface area (Å²) in [6.07, 6.45) is 1.98. The van der Waals surface area contributed by atoms with E-state index in [0.717, 1.165) is 27.8 Å². The second-order valence-corrected chi connectivity index (χ2v) is 6.26. The van der Waals surface area contributed by atoms with E-state index in [9.17, 15) is 4.79 Å². The van der Waals surface area contributed by atoms with Gasteiger partial charge in [-0.25, -0.2) is 0 Å². The van der Waals surface area contributed by atoms with Crippen molar-refractivity contribution in [3.05, 3.63) is 65.4 Å². The number of carbonyl (C=O) groups excluding carboxylic acids is 1. The summed E-state index contributed by atoms with van der Waals surface area (Å²) in [4.78, 5) is 12.3. The molecular formula is C20H21NO2. The molecule has 2 aromatic carbocycles. The van der Waals surface area contributed by atoms with Crippen LogP contribution in [0.2, 0.25) is 0 Å². The van der Waals surface area contributed by atoms with Crippen LogP contribution in [-0.2, 0) is 11.2 Å². The number of anilines is 1. The molecule has 3 rings (SSSR count). The van der Waals surface area contributed by atoms with Crippen molar-refractivity contribution in [2.45, 2.75) is 33.1 Å². The molecule has 23 heavy (non-hydrogen) atoms. The lowest BCUT2D eigenvalue weighted by Crippen LogP contribution is -2.14. The van der Waals surface area contributed by atoms with Crippen LogP contribution in [0.15, 0.2) is 53.1 Å². The normalized spacial score (nSPS) is 11.1. The Hall–Kier alpha value is -2.55. The van der Waals surface area contributed by atoms with Gasteiger partial charge in [0.25, 0.3) is 0 Å². The summed E-state index contributed by atoms with van der Waals surface area (Å²) >= 11 is 0. The molecular weight excluding hydrogens is 286 g/mol. The Kier molecular flexibility index (Phi) is 4.20. The Morgan fingerprint density at radius 3 is 2.57 bits per heavy atom. The zero-order valence-corrected chi connectivity index (χ0v) is 13.7. The molecule has 0 atom stereocenters. The zero-order chi connectivity index (χ0) is 16.4. The van der Waals surface area contributed by atoms with Crippen molar-refractivity contribution in [1.82, 2.24) is 0 Å². The van der Waals surface area contributed by atoms with Gasteiger partial charge in [-0.15, -0.1) is 0 Å². The van der Waals surface area contributed by atoms with Gasteiger partial charge in [-0.1, -0.05) is 37.6 Å². The minimum absolute atomic E-state index is 0.0356. The Balaban J connectivity index is 1.72. The van der Waals surface area contributed by atoms with Crippen LogP contribution in [0.25, 0.3) is 11.0 Å². The summed E-state index contributed by atoms with van der Waals surface area (Å²) in [6.45, 7) is 6.34. The highest BCUT2D eigenvalue weighted by molar-refractivity contribution is 5.95.